The molecule has 1 aliphatic rings. The smallest absolute Gasteiger partial charge is 0.258 e. The molecule has 0 aliphatic heterocycles. The summed E-state index contributed by atoms with van der Waals surface area (Å²) >= 11 is 0. The van der Waals surface area contributed by atoms with E-state index in [1.807, 2.05) is 13.8 Å². The Morgan fingerprint density at radius 1 is 1.29 bits per heavy atom. The van der Waals surface area contributed by atoms with Gasteiger partial charge in [-0.25, -0.2) is 0 Å². The third-order valence-corrected chi connectivity index (χ3v) is 3.13. The summed E-state index contributed by atoms with van der Waals surface area (Å²) in [6.45, 7) is 3.89. The third kappa shape index (κ3) is 1.56. The Kier molecular flexibility index (Phi) is 2.73. The summed E-state index contributed by atoms with van der Waals surface area (Å²) in [5.41, 5.74) is -1.91. The lowest BCUT2D eigenvalue weighted by atomic mass is 9.93. The van der Waals surface area contributed by atoms with Crippen LogP contribution < -0.4 is 0 Å². The average Bonchev–Trinajstić information content (AvgIpc) is 2.48. The van der Waals surface area contributed by atoms with Gasteiger partial charge in [0.1, 0.15) is 0 Å². The van der Waals surface area contributed by atoms with Crippen molar-refractivity contribution in [3.05, 3.63) is 20.2 Å². The molecule has 0 aromatic rings. The zero-order valence-corrected chi connectivity index (χ0v) is 8.30. The summed E-state index contributed by atoms with van der Waals surface area (Å²) in [6, 6.07) is 0. The number of hydrogen-bond donors (Lipinski definition) is 0. The second-order valence-corrected chi connectivity index (χ2v) is 4.24. The van der Waals surface area contributed by atoms with Gasteiger partial charge in [-0.1, -0.05) is 13.8 Å². The predicted molar refractivity (Wildman–Crippen MR) is 48.9 cm³/mol. The van der Waals surface area contributed by atoms with Crippen LogP contribution in [0.5, 0.6) is 0 Å². The molecule has 1 atom stereocenters. The van der Waals surface area contributed by atoms with Crippen LogP contribution in [0.25, 0.3) is 0 Å². The first-order chi connectivity index (χ1) is 6.40. The van der Waals surface area contributed by atoms with Crippen molar-refractivity contribution in [2.45, 2.75) is 38.8 Å². The van der Waals surface area contributed by atoms with E-state index in [9.17, 15) is 20.2 Å². The lowest BCUT2D eigenvalue weighted by Crippen LogP contribution is -2.44. The highest BCUT2D eigenvalue weighted by Crippen LogP contribution is 2.40. The van der Waals surface area contributed by atoms with Gasteiger partial charge in [-0.15, -0.1) is 0 Å². The first kappa shape index (κ1) is 10.9. The van der Waals surface area contributed by atoms with Gasteiger partial charge in [-0.05, 0) is 18.3 Å². The van der Waals surface area contributed by atoms with Crippen LogP contribution in [-0.2, 0) is 0 Å². The van der Waals surface area contributed by atoms with Crippen LogP contribution >= 0.6 is 0 Å². The summed E-state index contributed by atoms with van der Waals surface area (Å²) in [6.07, 6.45) is 0.722. The molecule has 0 bridgehead atoms. The summed E-state index contributed by atoms with van der Waals surface area (Å²) in [7, 11) is 0. The van der Waals surface area contributed by atoms with E-state index in [1.54, 1.807) is 0 Å². The zero-order chi connectivity index (χ0) is 10.9. The molecule has 0 amide bonds. The average molecular weight is 202 g/mol. The fraction of sp³-hybridized carbons (Fsp3) is 1.00. The zero-order valence-electron chi connectivity index (χ0n) is 8.30. The molecule has 0 spiro atoms. The van der Waals surface area contributed by atoms with Gasteiger partial charge in [0.05, 0.1) is 22.7 Å². The van der Waals surface area contributed by atoms with Crippen molar-refractivity contribution < 1.29 is 9.85 Å². The lowest BCUT2D eigenvalue weighted by Gasteiger charge is -2.14. The van der Waals surface area contributed by atoms with Crippen molar-refractivity contribution in [2.75, 3.05) is 0 Å². The molecule has 0 radical (unpaired) electrons. The summed E-state index contributed by atoms with van der Waals surface area (Å²) in [5, 5.41) is 21.4. The molecule has 14 heavy (non-hydrogen) atoms. The maximum Gasteiger partial charge on any atom is 0.458 e. The molecule has 6 nitrogen and oxygen atoms in total. The minimum Gasteiger partial charge on any atom is -0.258 e. The van der Waals surface area contributed by atoms with Gasteiger partial charge >= 0.3 is 5.66 Å². The van der Waals surface area contributed by atoms with Crippen LogP contribution in [0.15, 0.2) is 0 Å². The van der Waals surface area contributed by atoms with E-state index in [-0.39, 0.29) is 24.7 Å². The van der Waals surface area contributed by atoms with Gasteiger partial charge < -0.3 is 0 Å². The number of hydrogen-bond acceptors (Lipinski definition) is 4. The molecule has 0 saturated heterocycles. The molecule has 0 aromatic carbocycles. The van der Waals surface area contributed by atoms with Crippen LogP contribution in [0.1, 0.15) is 33.1 Å². The van der Waals surface area contributed by atoms with Gasteiger partial charge in [-0.2, -0.15) is 0 Å². The van der Waals surface area contributed by atoms with Gasteiger partial charge in [0.25, 0.3) is 0 Å². The highest BCUT2D eigenvalue weighted by molar-refractivity contribution is 4.83. The predicted octanol–water partition coefficient (Wildman–Crippen LogP) is 1.69. The van der Waals surface area contributed by atoms with Crippen molar-refractivity contribution in [2.24, 2.45) is 11.8 Å². The standard InChI is InChI=1S/C8H14N2O4/c1-6(2)7-3-4-8(5-7,9(11)12)10(13)14/h6-7H,3-5H2,1-2H3. The molecular weight excluding hydrogens is 188 g/mol. The van der Waals surface area contributed by atoms with E-state index in [2.05, 4.69) is 0 Å². The van der Waals surface area contributed by atoms with Crippen LogP contribution in [0, 0.1) is 32.1 Å². The Labute approximate surface area is 81.6 Å². The Morgan fingerprint density at radius 2 is 1.79 bits per heavy atom. The molecule has 1 aliphatic carbocycles. The van der Waals surface area contributed by atoms with Gasteiger partial charge in [0.2, 0.25) is 0 Å². The Bertz CT molecular complexity index is 250. The second-order valence-electron chi connectivity index (χ2n) is 4.24. The van der Waals surface area contributed by atoms with Gasteiger partial charge in [0, 0.05) is 0 Å². The van der Waals surface area contributed by atoms with Crippen molar-refractivity contribution in [1.29, 1.82) is 0 Å². The highest BCUT2D eigenvalue weighted by atomic mass is 16.7. The van der Waals surface area contributed by atoms with Crippen molar-refractivity contribution in [3.63, 3.8) is 0 Å². The molecule has 1 unspecified atom stereocenters. The summed E-state index contributed by atoms with van der Waals surface area (Å²) in [4.78, 5) is 19.9. The maximum absolute atomic E-state index is 10.7. The Balaban J connectivity index is 2.85. The summed E-state index contributed by atoms with van der Waals surface area (Å²) < 4.78 is 0. The summed E-state index contributed by atoms with van der Waals surface area (Å²) in [5.74, 6) is 0.377. The van der Waals surface area contributed by atoms with E-state index >= 15 is 0 Å². The fourth-order valence-electron chi connectivity index (χ4n) is 2.01. The van der Waals surface area contributed by atoms with E-state index in [1.165, 1.54) is 0 Å². The molecule has 0 heterocycles. The second kappa shape index (κ2) is 3.51. The SMILES string of the molecule is CC(C)C1CCC([N+](=O)[O-])([N+](=O)[O-])C1. The minimum absolute atomic E-state index is 0.0653. The van der Waals surface area contributed by atoms with Crippen molar-refractivity contribution in [3.8, 4) is 0 Å². The molecule has 1 saturated carbocycles. The van der Waals surface area contributed by atoms with Crippen LogP contribution in [0.3, 0.4) is 0 Å². The molecule has 0 aromatic heterocycles. The Morgan fingerprint density at radius 3 is 2.00 bits per heavy atom. The maximum atomic E-state index is 10.7. The Hall–Kier alpha value is -1.20. The first-order valence-corrected chi connectivity index (χ1v) is 4.69. The van der Waals surface area contributed by atoms with Gasteiger partial charge in [0.15, 0.2) is 0 Å². The van der Waals surface area contributed by atoms with E-state index < -0.39 is 15.5 Å². The normalized spacial score (nSPS) is 25.2. The quantitative estimate of drug-likeness (QED) is 0.396. The monoisotopic (exact) mass is 202 g/mol. The molecule has 6 heteroatoms. The van der Waals surface area contributed by atoms with E-state index in [0.29, 0.717) is 6.42 Å². The van der Waals surface area contributed by atoms with Crippen LogP contribution in [0.2, 0.25) is 0 Å². The van der Waals surface area contributed by atoms with E-state index in [4.69, 9.17) is 0 Å². The van der Waals surface area contributed by atoms with Crippen LogP contribution in [-0.4, -0.2) is 15.5 Å². The number of nitrogens with zero attached hydrogens (tertiary/aromatic N) is 2. The van der Waals surface area contributed by atoms with Crippen LogP contribution in [0.4, 0.5) is 0 Å². The lowest BCUT2D eigenvalue weighted by molar-refractivity contribution is -0.795. The fourth-order valence-corrected chi connectivity index (χ4v) is 2.01. The number of rotatable bonds is 3. The van der Waals surface area contributed by atoms with Crippen molar-refractivity contribution in [1.82, 2.24) is 0 Å². The largest absolute Gasteiger partial charge is 0.458 e. The topological polar surface area (TPSA) is 86.3 Å². The van der Waals surface area contributed by atoms with Crippen molar-refractivity contribution >= 4 is 0 Å². The minimum atomic E-state index is -1.91. The molecule has 1 rings (SSSR count). The van der Waals surface area contributed by atoms with Gasteiger partial charge in [-0.3, -0.25) is 20.2 Å². The first-order valence-electron chi connectivity index (χ1n) is 4.69. The molecule has 80 valence electrons. The van der Waals surface area contributed by atoms with E-state index in [0.717, 1.165) is 0 Å². The highest BCUT2D eigenvalue weighted by Gasteiger charge is 2.61. The molecule has 0 N–H and O–H groups in total. The third-order valence-electron chi connectivity index (χ3n) is 3.13. The number of nitro groups is 2. The molecule has 1 fully saturated rings. The molecular formula is C8H14N2O4.